The van der Waals surface area contributed by atoms with E-state index in [1.807, 2.05) is 6.07 Å². The first-order valence-electron chi connectivity index (χ1n) is 12.3. The lowest BCUT2D eigenvalue weighted by molar-refractivity contribution is 0.0785. The van der Waals surface area contributed by atoms with Gasteiger partial charge in [0.15, 0.2) is 0 Å². The van der Waals surface area contributed by atoms with Crippen LogP contribution in [0.4, 0.5) is 5.88 Å². The van der Waals surface area contributed by atoms with Crippen molar-refractivity contribution in [1.82, 2.24) is 15.0 Å². The van der Waals surface area contributed by atoms with E-state index in [1.165, 1.54) is 29.5 Å². The smallest absolute Gasteiger partial charge is 0.264 e. The number of aryl methyl sites for hydroxylation is 1. The molecule has 0 radical (unpaired) electrons. The van der Waals surface area contributed by atoms with Crippen molar-refractivity contribution in [3.05, 3.63) is 106 Å². The van der Waals surface area contributed by atoms with Crippen molar-refractivity contribution in [2.24, 2.45) is 0 Å². The van der Waals surface area contributed by atoms with Crippen LogP contribution in [0.3, 0.4) is 0 Å². The Labute approximate surface area is 246 Å². The minimum absolute atomic E-state index is 0.0216. The lowest BCUT2D eigenvalue weighted by Gasteiger charge is -2.21. The van der Waals surface area contributed by atoms with E-state index in [0.717, 1.165) is 0 Å². The second kappa shape index (κ2) is 11.4. The highest BCUT2D eigenvalue weighted by molar-refractivity contribution is 7.92. The van der Waals surface area contributed by atoms with Gasteiger partial charge < -0.3 is 13.8 Å². The highest BCUT2D eigenvalue weighted by atomic mass is 35.5. The van der Waals surface area contributed by atoms with Crippen LogP contribution in [0, 0.1) is 13.8 Å². The lowest BCUT2D eigenvalue weighted by atomic mass is 9.96. The highest BCUT2D eigenvalue weighted by Crippen LogP contribution is 2.35. The van der Waals surface area contributed by atoms with Gasteiger partial charge in [-0.05, 0) is 61.4 Å². The third-order valence-corrected chi connectivity index (χ3v) is 8.49. The first-order chi connectivity index (χ1) is 19.5. The molecular formula is C29H24Cl2N4O5S. The number of aromatic nitrogens is 2. The SMILES string of the molecule is Cc1noc(NS(=O)(=O)c2ccccc2-c2ccc(-c3ncco3)cc2CN(C)C(=O)c2ccc(Cl)cc2Cl)c1C. The minimum Gasteiger partial charge on any atom is -0.445 e. The number of amides is 1. The Kier molecular flexibility index (Phi) is 7.90. The van der Waals surface area contributed by atoms with Crippen LogP contribution in [0.2, 0.25) is 10.0 Å². The number of sulfonamides is 1. The predicted molar refractivity (Wildman–Crippen MR) is 156 cm³/mol. The maximum absolute atomic E-state index is 13.6. The molecule has 0 spiro atoms. The Bertz CT molecular complexity index is 1850. The monoisotopic (exact) mass is 610 g/mol. The van der Waals surface area contributed by atoms with Crippen LogP contribution >= 0.6 is 23.2 Å². The van der Waals surface area contributed by atoms with Crippen LogP contribution in [-0.4, -0.2) is 36.4 Å². The van der Waals surface area contributed by atoms with Crippen molar-refractivity contribution in [3.63, 3.8) is 0 Å². The molecule has 0 atom stereocenters. The van der Waals surface area contributed by atoms with Gasteiger partial charge in [0.05, 0.1) is 27.4 Å². The van der Waals surface area contributed by atoms with E-state index in [0.29, 0.717) is 44.4 Å². The molecule has 0 saturated carbocycles. The van der Waals surface area contributed by atoms with Crippen LogP contribution in [0.25, 0.3) is 22.6 Å². The third-order valence-electron chi connectivity index (χ3n) is 6.55. The van der Waals surface area contributed by atoms with Crippen LogP contribution < -0.4 is 4.72 Å². The number of oxazole rings is 1. The van der Waals surface area contributed by atoms with E-state index in [4.69, 9.17) is 32.1 Å². The summed E-state index contributed by atoms with van der Waals surface area (Å²) in [7, 11) is -2.46. The van der Waals surface area contributed by atoms with Crippen molar-refractivity contribution < 1.29 is 22.2 Å². The number of carbonyl (C=O) groups excluding carboxylic acids is 1. The minimum atomic E-state index is -4.09. The maximum atomic E-state index is 13.6. The molecule has 0 bridgehead atoms. The van der Waals surface area contributed by atoms with Crippen molar-refractivity contribution in [1.29, 1.82) is 0 Å². The summed E-state index contributed by atoms with van der Waals surface area (Å²) in [5.41, 5.74) is 3.77. The number of nitrogens with one attached hydrogen (secondary N) is 1. The van der Waals surface area contributed by atoms with Gasteiger partial charge in [0.2, 0.25) is 11.8 Å². The molecule has 2 heterocycles. The van der Waals surface area contributed by atoms with Crippen molar-refractivity contribution in [2.45, 2.75) is 25.3 Å². The molecule has 0 aliphatic heterocycles. The number of rotatable bonds is 8. The molecule has 0 unspecified atom stereocenters. The van der Waals surface area contributed by atoms with Gasteiger partial charge in [-0.25, -0.2) is 18.1 Å². The average Bonchev–Trinajstić information content (AvgIpc) is 3.59. The zero-order valence-electron chi connectivity index (χ0n) is 22.2. The molecule has 0 fully saturated rings. The predicted octanol–water partition coefficient (Wildman–Crippen LogP) is 6.99. The zero-order valence-corrected chi connectivity index (χ0v) is 24.5. The topological polar surface area (TPSA) is 119 Å². The van der Waals surface area contributed by atoms with Gasteiger partial charge in [0.1, 0.15) is 6.26 Å². The number of hydrogen-bond donors (Lipinski definition) is 1. The molecule has 0 aliphatic rings. The van der Waals surface area contributed by atoms with Crippen molar-refractivity contribution in [2.75, 3.05) is 11.8 Å². The first-order valence-corrected chi connectivity index (χ1v) is 14.6. The molecule has 1 N–H and O–H groups in total. The van der Waals surface area contributed by atoms with Gasteiger partial charge in [-0.1, -0.05) is 52.6 Å². The Hall–Kier alpha value is -4.12. The van der Waals surface area contributed by atoms with Gasteiger partial charge in [-0.15, -0.1) is 0 Å². The van der Waals surface area contributed by atoms with E-state index in [-0.39, 0.29) is 33.8 Å². The summed E-state index contributed by atoms with van der Waals surface area (Å²) in [5, 5.41) is 4.48. The fourth-order valence-electron chi connectivity index (χ4n) is 4.29. The molecule has 9 nitrogen and oxygen atoms in total. The standard InChI is InChI=1S/C29H24Cl2N4O5S/c1-17-18(2)33-40-27(17)34-41(37,38)26-7-5-4-6-23(26)22-10-8-19(28-32-12-13-39-28)14-20(22)16-35(3)29(36)24-11-9-21(30)15-25(24)31/h4-15,34H,16H2,1-3H3. The number of hydrogen-bond acceptors (Lipinski definition) is 7. The van der Waals surface area contributed by atoms with Crippen LogP contribution in [0.15, 0.2) is 87.0 Å². The summed E-state index contributed by atoms with van der Waals surface area (Å²) >= 11 is 12.3. The Balaban J connectivity index is 1.58. The quantitative estimate of drug-likeness (QED) is 0.201. The molecule has 5 aromatic rings. The zero-order chi connectivity index (χ0) is 29.3. The summed E-state index contributed by atoms with van der Waals surface area (Å²) in [6.07, 6.45) is 2.99. The second-order valence-corrected chi connectivity index (χ2v) is 11.8. The molecule has 2 aromatic heterocycles. The van der Waals surface area contributed by atoms with Gasteiger partial charge in [0, 0.05) is 35.3 Å². The summed E-state index contributed by atoms with van der Waals surface area (Å²) in [5.74, 6) is 0.0890. The number of nitrogens with zero attached hydrogens (tertiary/aromatic N) is 3. The van der Waals surface area contributed by atoms with E-state index in [1.54, 1.807) is 63.4 Å². The van der Waals surface area contributed by atoms with Crippen LogP contribution in [-0.2, 0) is 16.6 Å². The third kappa shape index (κ3) is 5.85. The number of halogens is 2. The summed E-state index contributed by atoms with van der Waals surface area (Å²) < 4.78 is 40.4. The number of carbonyl (C=O) groups is 1. The lowest BCUT2D eigenvalue weighted by Crippen LogP contribution is -2.26. The summed E-state index contributed by atoms with van der Waals surface area (Å²) in [6, 6.07) is 16.6. The number of anilines is 1. The van der Waals surface area contributed by atoms with Gasteiger partial charge in [-0.2, -0.15) is 0 Å². The summed E-state index contributed by atoms with van der Waals surface area (Å²) in [6.45, 7) is 3.56. The molecule has 3 aromatic carbocycles. The fourth-order valence-corrected chi connectivity index (χ4v) is 6.05. The van der Waals surface area contributed by atoms with E-state index < -0.39 is 10.0 Å². The van der Waals surface area contributed by atoms with Crippen LogP contribution in [0.1, 0.15) is 27.2 Å². The number of benzene rings is 3. The molecular weight excluding hydrogens is 587 g/mol. The van der Waals surface area contributed by atoms with Gasteiger partial charge in [0.25, 0.3) is 15.9 Å². The van der Waals surface area contributed by atoms with Crippen LogP contribution in [0.5, 0.6) is 0 Å². The van der Waals surface area contributed by atoms with Crippen molar-refractivity contribution in [3.8, 4) is 22.6 Å². The second-order valence-electron chi connectivity index (χ2n) is 9.32. The average molecular weight is 612 g/mol. The fraction of sp³-hybridized carbons (Fsp3) is 0.138. The Morgan fingerprint density at radius 1 is 1.02 bits per heavy atom. The Morgan fingerprint density at radius 2 is 1.80 bits per heavy atom. The van der Waals surface area contributed by atoms with E-state index in [9.17, 15) is 13.2 Å². The molecule has 0 saturated heterocycles. The molecule has 41 heavy (non-hydrogen) atoms. The normalized spacial score (nSPS) is 11.4. The Morgan fingerprint density at radius 3 is 2.49 bits per heavy atom. The largest absolute Gasteiger partial charge is 0.445 e. The molecule has 12 heteroatoms. The van der Waals surface area contributed by atoms with Gasteiger partial charge in [-0.3, -0.25) is 4.79 Å². The highest BCUT2D eigenvalue weighted by Gasteiger charge is 2.25. The summed E-state index contributed by atoms with van der Waals surface area (Å²) in [4.78, 5) is 19.1. The van der Waals surface area contributed by atoms with E-state index in [2.05, 4.69) is 14.9 Å². The molecule has 210 valence electrons. The maximum Gasteiger partial charge on any atom is 0.264 e. The molecule has 0 aliphatic carbocycles. The van der Waals surface area contributed by atoms with E-state index >= 15 is 0 Å². The van der Waals surface area contributed by atoms with Gasteiger partial charge >= 0.3 is 0 Å². The van der Waals surface area contributed by atoms with Crippen molar-refractivity contribution >= 4 is 45.0 Å². The first kappa shape index (κ1) is 28.4. The molecule has 5 rings (SSSR count). The molecule has 1 amide bonds.